The molecule has 1 aromatic heterocycles. The molecule has 3 unspecified atom stereocenters. The standard InChI is InChI=1S/C29H36I3NO8/c1-10-8-11(2)29(38)14(9-16(39-5)27(36)40-24(10)13(4)34)6-7-15-17-18(19(15)29)23(35)12(3)25(17)41-28(37)22-20(30)21(31)26(32)33-22/h6-8,10,12-19,23-25,33-35,38H,9H2,1-5H3/b11-8+/t10-,12-,13?,14?,15+,16+,17+,18?,19+,23-,24+,25-,29+/m1/s1. The molecule has 2 heterocycles. The molecule has 1 aromatic rings. The molecule has 3 aliphatic carbocycles. The Morgan fingerprint density at radius 3 is 2.46 bits per heavy atom. The van der Waals surface area contributed by atoms with Gasteiger partial charge in [-0.2, -0.15) is 0 Å². The van der Waals surface area contributed by atoms with E-state index in [1.54, 1.807) is 6.92 Å². The highest BCUT2D eigenvalue weighted by atomic mass is 127. The van der Waals surface area contributed by atoms with Crippen LogP contribution in [0.5, 0.6) is 0 Å². The van der Waals surface area contributed by atoms with Crippen LogP contribution >= 0.6 is 67.8 Å². The number of aliphatic hydroxyl groups excluding tert-OH is 2. The van der Waals surface area contributed by atoms with E-state index < -0.39 is 54.0 Å². The minimum Gasteiger partial charge on any atom is -0.457 e. The van der Waals surface area contributed by atoms with Gasteiger partial charge in [0.25, 0.3) is 0 Å². The van der Waals surface area contributed by atoms with E-state index in [4.69, 9.17) is 14.2 Å². The van der Waals surface area contributed by atoms with Crippen LogP contribution in [-0.4, -0.2) is 75.5 Å². The predicted octanol–water partition coefficient (Wildman–Crippen LogP) is 4.05. The first-order valence-corrected chi connectivity index (χ1v) is 17.1. The van der Waals surface area contributed by atoms with Crippen LogP contribution in [0.15, 0.2) is 23.8 Å². The van der Waals surface area contributed by atoms with Crippen molar-refractivity contribution in [2.75, 3.05) is 7.11 Å². The molecule has 0 amide bonds. The molecular weight excluding hydrogens is 871 g/mol. The number of carbonyl (C=O) groups excluding carboxylic acids is 2. The Kier molecular flexibility index (Phi) is 9.34. The molecule has 4 N–H and O–H groups in total. The summed E-state index contributed by atoms with van der Waals surface area (Å²) in [5.41, 5.74) is -0.271. The van der Waals surface area contributed by atoms with Crippen molar-refractivity contribution in [1.29, 1.82) is 0 Å². The molecule has 0 aromatic carbocycles. The molecule has 2 fully saturated rings. The summed E-state index contributed by atoms with van der Waals surface area (Å²) in [6.45, 7) is 7.19. The maximum absolute atomic E-state index is 13.3. The zero-order chi connectivity index (χ0) is 30.1. The monoisotopic (exact) mass is 907 g/mol. The van der Waals surface area contributed by atoms with Gasteiger partial charge in [-0.05, 0) is 105 Å². The van der Waals surface area contributed by atoms with Crippen molar-refractivity contribution in [3.8, 4) is 0 Å². The number of rotatable bonds is 4. The summed E-state index contributed by atoms with van der Waals surface area (Å²) in [6.07, 6.45) is 2.10. The summed E-state index contributed by atoms with van der Waals surface area (Å²) in [5, 5.41) is 34.6. The van der Waals surface area contributed by atoms with Crippen molar-refractivity contribution in [3.63, 3.8) is 0 Å². The number of aromatic nitrogens is 1. The molecule has 9 nitrogen and oxygen atoms in total. The van der Waals surface area contributed by atoms with Gasteiger partial charge >= 0.3 is 11.9 Å². The topological polar surface area (TPSA) is 138 Å². The maximum Gasteiger partial charge on any atom is 0.356 e. The van der Waals surface area contributed by atoms with Gasteiger partial charge in [-0.15, -0.1) is 0 Å². The van der Waals surface area contributed by atoms with E-state index in [1.807, 2.05) is 32.9 Å². The number of esters is 2. The fraction of sp³-hybridized carbons (Fsp3) is 0.655. The largest absolute Gasteiger partial charge is 0.457 e. The normalized spacial score (nSPS) is 43.9. The van der Waals surface area contributed by atoms with Crippen LogP contribution in [0.4, 0.5) is 0 Å². The van der Waals surface area contributed by atoms with Crippen molar-refractivity contribution in [2.24, 2.45) is 41.4 Å². The van der Waals surface area contributed by atoms with Crippen LogP contribution in [0.25, 0.3) is 0 Å². The minimum atomic E-state index is -1.38. The van der Waals surface area contributed by atoms with Crippen molar-refractivity contribution >= 4 is 79.7 Å². The quantitative estimate of drug-likeness (QED) is 0.202. The minimum absolute atomic E-state index is 0.135. The smallest absolute Gasteiger partial charge is 0.356 e. The SMILES string of the molecule is CO[C@H]1CC2C=C[C@H]3[C@H]4C([C@H]3[C@]2(O)/C(C)=C/[C@@H](C)[C@@H](C(C)O)OC1=O)[C@H](O)[C@@H](C)[C@H]4OC(=O)c1[nH]c(I)c(I)c1I. The van der Waals surface area contributed by atoms with Gasteiger partial charge in [-0.3, -0.25) is 0 Å². The third kappa shape index (κ3) is 5.16. The summed E-state index contributed by atoms with van der Waals surface area (Å²) in [7, 11) is 1.43. The second-order valence-corrected chi connectivity index (χ2v) is 15.3. The fourth-order valence-electron chi connectivity index (χ4n) is 7.86. The van der Waals surface area contributed by atoms with Gasteiger partial charge in [-0.25, -0.2) is 9.59 Å². The molecule has 0 radical (unpaired) electrons. The van der Waals surface area contributed by atoms with Crippen LogP contribution in [0.3, 0.4) is 0 Å². The first-order chi connectivity index (χ1) is 19.2. The third-order valence-electron chi connectivity index (χ3n) is 9.88. The van der Waals surface area contributed by atoms with E-state index in [-0.39, 0.29) is 41.9 Å². The lowest BCUT2D eigenvalue weighted by Crippen LogP contribution is -2.65. The average Bonchev–Trinajstić information content (AvgIpc) is 3.27. The number of methoxy groups -OCH3 is 1. The summed E-state index contributed by atoms with van der Waals surface area (Å²) in [5.74, 6) is -3.16. The summed E-state index contributed by atoms with van der Waals surface area (Å²) >= 11 is 6.48. The molecule has 5 rings (SSSR count). The van der Waals surface area contributed by atoms with Gasteiger partial charge in [0.15, 0.2) is 6.10 Å². The zero-order valence-electron chi connectivity index (χ0n) is 23.4. The van der Waals surface area contributed by atoms with Crippen molar-refractivity contribution in [1.82, 2.24) is 4.98 Å². The van der Waals surface area contributed by atoms with Gasteiger partial charge in [0.05, 0.1) is 28.7 Å². The van der Waals surface area contributed by atoms with Gasteiger partial charge in [-0.1, -0.05) is 32.1 Å². The Morgan fingerprint density at radius 2 is 1.88 bits per heavy atom. The van der Waals surface area contributed by atoms with Crippen LogP contribution in [0.1, 0.15) is 44.6 Å². The molecule has 13 atom stereocenters. The molecule has 0 saturated heterocycles. The van der Waals surface area contributed by atoms with Crippen molar-refractivity contribution < 1.29 is 39.1 Å². The number of nitrogens with one attached hydrogen (secondary N) is 1. The second kappa shape index (κ2) is 11.9. The van der Waals surface area contributed by atoms with E-state index in [0.717, 1.165) is 10.8 Å². The van der Waals surface area contributed by atoms with E-state index in [9.17, 15) is 24.9 Å². The third-order valence-corrected chi connectivity index (χ3v) is 14.9. The Labute approximate surface area is 280 Å². The first-order valence-electron chi connectivity index (χ1n) is 13.9. The highest BCUT2D eigenvalue weighted by molar-refractivity contribution is 14.1. The number of fused-ring (bicyclic) bond motifs is 6. The van der Waals surface area contributed by atoms with Crippen LogP contribution in [-0.2, 0) is 19.0 Å². The molecule has 1 aliphatic heterocycles. The predicted molar refractivity (Wildman–Crippen MR) is 175 cm³/mol. The highest BCUT2D eigenvalue weighted by Crippen LogP contribution is 2.66. The van der Waals surface area contributed by atoms with Crippen molar-refractivity contribution in [3.05, 3.63) is 40.3 Å². The van der Waals surface area contributed by atoms with E-state index >= 15 is 0 Å². The maximum atomic E-state index is 13.3. The van der Waals surface area contributed by atoms with Gasteiger partial charge in [0.1, 0.15) is 17.9 Å². The lowest BCUT2D eigenvalue weighted by molar-refractivity contribution is -0.186. The van der Waals surface area contributed by atoms with Gasteiger partial charge in [0.2, 0.25) is 0 Å². The lowest BCUT2D eigenvalue weighted by atomic mass is 9.46. The number of halogens is 3. The Bertz CT molecular complexity index is 1280. The average molecular weight is 907 g/mol. The number of aromatic amines is 1. The molecule has 226 valence electrons. The van der Waals surface area contributed by atoms with Crippen molar-refractivity contribution in [2.45, 2.75) is 70.2 Å². The summed E-state index contributed by atoms with van der Waals surface area (Å²) in [6, 6.07) is 0. The number of ether oxygens (including phenoxy) is 3. The number of aliphatic hydroxyl groups is 3. The Hall–Kier alpha value is -0.270. The Morgan fingerprint density at radius 1 is 1.20 bits per heavy atom. The number of hydrogen-bond acceptors (Lipinski definition) is 8. The first kappa shape index (κ1) is 32.1. The number of carbonyl (C=O) groups is 2. The molecule has 2 saturated carbocycles. The van der Waals surface area contributed by atoms with E-state index in [2.05, 4.69) is 78.8 Å². The zero-order valence-corrected chi connectivity index (χ0v) is 29.9. The number of cyclic esters (lactones) is 1. The fourth-order valence-corrected chi connectivity index (χ4v) is 9.94. The summed E-state index contributed by atoms with van der Waals surface area (Å²) in [4.78, 5) is 29.5. The number of H-pyrrole nitrogens is 1. The molecule has 12 heteroatoms. The van der Waals surface area contributed by atoms with Crippen LogP contribution < -0.4 is 0 Å². The molecule has 4 aliphatic rings. The molecule has 0 bridgehead atoms. The summed E-state index contributed by atoms with van der Waals surface area (Å²) < 4.78 is 19.9. The van der Waals surface area contributed by atoms with E-state index in [1.165, 1.54) is 7.11 Å². The van der Waals surface area contributed by atoms with Gasteiger partial charge in [0, 0.05) is 36.7 Å². The van der Waals surface area contributed by atoms with E-state index in [0.29, 0.717) is 11.3 Å². The second-order valence-electron chi connectivity index (χ2n) is 12.0. The molecule has 0 spiro atoms. The number of allylic oxidation sites excluding steroid dienone is 1. The molecular formula is C29H36I3NO8. The Balaban J connectivity index is 1.51. The van der Waals surface area contributed by atoms with Crippen LogP contribution in [0, 0.1) is 52.3 Å². The number of hydrogen-bond donors (Lipinski definition) is 4. The molecule has 41 heavy (non-hydrogen) atoms. The lowest BCUT2D eigenvalue weighted by Gasteiger charge is -2.61. The van der Waals surface area contributed by atoms with Gasteiger partial charge < -0.3 is 34.5 Å². The van der Waals surface area contributed by atoms with Crippen LogP contribution in [0.2, 0.25) is 0 Å². The highest BCUT2D eigenvalue weighted by Gasteiger charge is 2.71.